The van der Waals surface area contributed by atoms with E-state index in [4.69, 9.17) is 8.83 Å². The molecular weight excluding hydrogens is 679 g/mol. The molecule has 0 amide bonds. The maximum absolute atomic E-state index is 6.70. The molecule has 3 aromatic heterocycles. The van der Waals surface area contributed by atoms with Crippen LogP contribution in [0.4, 0.5) is 17.1 Å². The largest absolute Gasteiger partial charge is 0.456 e. The summed E-state index contributed by atoms with van der Waals surface area (Å²) in [6, 6.07) is 63.1. The van der Waals surface area contributed by atoms with Gasteiger partial charge in [0.05, 0.1) is 5.69 Å². The molecule has 54 heavy (non-hydrogen) atoms. The predicted molar refractivity (Wildman–Crippen MR) is 229 cm³/mol. The van der Waals surface area contributed by atoms with Gasteiger partial charge in [-0.05, 0) is 94.0 Å². The number of nitrogens with zero attached hydrogens (tertiary/aromatic N) is 1. The topological polar surface area (TPSA) is 29.5 Å². The highest BCUT2D eigenvalue weighted by molar-refractivity contribution is 7.26. The number of benzene rings is 9. The Morgan fingerprint density at radius 3 is 1.98 bits per heavy atom. The summed E-state index contributed by atoms with van der Waals surface area (Å²) in [5.41, 5.74) is 9.17. The molecule has 0 aliphatic carbocycles. The summed E-state index contributed by atoms with van der Waals surface area (Å²) in [6.45, 7) is 0. The second kappa shape index (κ2) is 11.3. The van der Waals surface area contributed by atoms with Crippen molar-refractivity contribution in [2.75, 3.05) is 4.90 Å². The van der Waals surface area contributed by atoms with E-state index in [-0.39, 0.29) is 0 Å². The summed E-state index contributed by atoms with van der Waals surface area (Å²) in [6.07, 6.45) is 0. The molecule has 12 rings (SSSR count). The first-order valence-corrected chi connectivity index (χ1v) is 19.1. The number of anilines is 3. The summed E-state index contributed by atoms with van der Waals surface area (Å²) in [5.74, 6) is 0. The second-order valence-electron chi connectivity index (χ2n) is 14.1. The van der Waals surface area contributed by atoms with Crippen LogP contribution in [0.5, 0.6) is 0 Å². The summed E-state index contributed by atoms with van der Waals surface area (Å²) >= 11 is 1.83. The zero-order valence-electron chi connectivity index (χ0n) is 28.9. The summed E-state index contributed by atoms with van der Waals surface area (Å²) < 4.78 is 15.6. The van der Waals surface area contributed by atoms with Gasteiger partial charge in [0, 0.05) is 64.5 Å². The fourth-order valence-electron chi connectivity index (χ4n) is 8.52. The van der Waals surface area contributed by atoms with Crippen molar-refractivity contribution in [3.8, 4) is 11.1 Å². The number of para-hydroxylation sites is 1. The average molecular weight is 708 g/mol. The number of thiophene rings is 1. The van der Waals surface area contributed by atoms with Gasteiger partial charge in [-0.1, -0.05) is 103 Å². The summed E-state index contributed by atoms with van der Waals surface area (Å²) in [4.78, 5) is 2.39. The van der Waals surface area contributed by atoms with Crippen LogP contribution in [-0.2, 0) is 0 Å². The Bertz CT molecular complexity index is 3460. The third kappa shape index (κ3) is 4.35. The fraction of sp³-hybridized carbons (Fsp3) is 0. The van der Waals surface area contributed by atoms with Crippen LogP contribution in [0.1, 0.15) is 0 Å². The van der Waals surface area contributed by atoms with Gasteiger partial charge in [-0.2, -0.15) is 0 Å². The molecule has 3 nitrogen and oxygen atoms in total. The summed E-state index contributed by atoms with van der Waals surface area (Å²) in [7, 11) is 0. The highest BCUT2D eigenvalue weighted by Crippen LogP contribution is 2.49. The van der Waals surface area contributed by atoms with Gasteiger partial charge in [-0.25, -0.2) is 0 Å². The van der Waals surface area contributed by atoms with Crippen molar-refractivity contribution in [2.45, 2.75) is 0 Å². The van der Waals surface area contributed by atoms with Gasteiger partial charge in [0.15, 0.2) is 0 Å². The van der Waals surface area contributed by atoms with Gasteiger partial charge in [0.1, 0.15) is 22.3 Å². The van der Waals surface area contributed by atoms with Gasteiger partial charge < -0.3 is 13.7 Å². The van der Waals surface area contributed by atoms with E-state index < -0.39 is 0 Å². The smallest absolute Gasteiger partial charge is 0.143 e. The zero-order valence-corrected chi connectivity index (χ0v) is 29.7. The van der Waals surface area contributed by atoms with E-state index in [1.807, 2.05) is 23.5 Å². The fourth-order valence-corrected chi connectivity index (χ4v) is 9.66. The van der Waals surface area contributed by atoms with Crippen LogP contribution in [0.25, 0.3) is 96.7 Å². The van der Waals surface area contributed by atoms with Gasteiger partial charge in [-0.15, -0.1) is 11.3 Å². The molecule has 0 aliphatic rings. The molecule has 0 N–H and O–H groups in total. The molecule has 0 aliphatic heterocycles. The Morgan fingerprint density at radius 1 is 0.370 bits per heavy atom. The quantitative estimate of drug-likeness (QED) is 0.182. The van der Waals surface area contributed by atoms with Crippen LogP contribution in [0.15, 0.2) is 185 Å². The van der Waals surface area contributed by atoms with Crippen LogP contribution < -0.4 is 4.90 Å². The lowest BCUT2D eigenvalue weighted by Gasteiger charge is -2.26. The SMILES string of the molecule is c1ccc2cc(-c3ccc(N(c4ccc5c(c4)oc4ccccc45)c4cccc5sc6ccc7oc8c9ccccc9ccc8c7c6c45)cc3)ccc2c1. The molecule has 0 spiro atoms. The van der Waals surface area contributed by atoms with Crippen molar-refractivity contribution in [1.29, 1.82) is 0 Å². The minimum atomic E-state index is 0.865. The minimum absolute atomic E-state index is 0.865. The lowest BCUT2D eigenvalue weighted by Crippen LogP contribution is -2.10. The molecule has 0 unspecified atom stereocenters. The maximum atomic E-state index is 6.70. The number of fused-ring (bicyclic) bond motifs is 13. The first kappa shape index (κ1) is 29.7. The van der Waals surface area contributed by atoms with Gasteiger partial charge in [0.2, 0.25) is 0 Å². The molecule has 0 saturated carbocycles. The Labute approximate surface area is 313 Å². The van der Waals surface area contributed by atoms with Crippen LogP contribution >= 0.6 is 11.3 Å². The minimum Gasteiger partial charge on any atom is -0.456 e. The standard InChI is InChI=1S/C50H29NO2S/c1-2-10-33-28-34(17-16-30(33)8-1)31-18-21-35(22-19-31)51(36-23-25-39-38-12-5-6-14-42(38)52-44(39)29-36)41-13-7-15-45-48(41)49-46(54-45)27-26-43-47(49)40-24-20-32-9-3-4-11-37(32)50(40)53-43/h1-29H. The first-order valence-electron chi connectivity index (χ1n) is 18.2. The normalized spacial score (nSPS) is 12.1. The van der Waals surface area contributed by atoms with Crippen LogP contribution in [-0.4, -0.2) is 0 Å². The Balaban J connectivity index is 1.12. The van der Waals surface area contributed by atoms with Crippen LogP contribution in [0.3, 0.4) is 0 Å². The van der Waals surface area contributed by atoms with Crippen molar-refractivity contribution in [3.05, 3.63) is 176 Å². The number of hydrogen-bond donors (Lipinski definition) is 0. The molecule has 0 bridgehead atoms. The first-order chi connectivity index (χ1) is 26.7. The average Bonchev–Trinajstić information content (AvgIpc) is 3.92. The van der Waals surface area contributed by atoms with Gasteiger partial charge in [0.25, 0.3) is 0 Å². The van der Waals surface area contributed by atoms with E-state index in [0.717, 1.165) is 66.3 Å². The number of furan rings is 2. The molecule has 0 fully saturated rings. The summed E-state index contributed by atoms with van der Waals surface area (Å²) in [5, 5.41) is 11.8. The third-order valence-corrected chi connectivity index (χ3v) is 12.2. The van der Waals surface area contributed by atoms with Crippen molar-refractivity contribution < 1.29 is 8.83 Å². The van der Waals surface area contributed by atoms with Crippen LogP contribution in [0.2, 0.25) is 0 Å². The van der Waals surface area contributed by atoms with Crippen molar-refractivity contribution in [1.82, 2.24) is 0 Å². The Morgan fingerprint density at radius 2 is 1.07 bits per heavy atom. The molecule has 252 valence electrons. The second-order valence-corrected chi connectivity index (χ2v) is 15.1. The van der Waals surface area contributed by atoms with E-state index in [2.05, 4.69) is 169 Å². The van der Waals surface area contributed by atoms with E-state index in [1.54, 1.807) is 0 Å². The number of rotatable bonds is 4. The molecule has 0 saturated heterocycles. The van der Waals surface area contributed by atoms with E-state index in [0.29, 0.717) is 0 Å². The predicted octanol–water partition coefficient (Wildman–Crippen LogP) is 15.3. The van der Waals surface area contributed by atoms with E-state index in [9.17, 15) is 0 Å². The molecule has 4 heteroatoms. The molecule has 12 aromatic rings. The molecule has 9 aromatic carbocycles. The van der Waals surface area contributed by atoms with Gasteiger partial charge >= 0.3 is 0 Å². The van der Waals surface area contributed by atoms with Crippen LogP contribution in [0, 0.1) is 0 Å². The van der Waals surface area contributed by atoms with E-state index >= 15 is 0 Å². The van der Waals surface area contributed by atoms with Crippen molar-refractivity contribution >= 4 is 114 Å². The zero-order chi connectivity index (χ0) is 35.3. The van der Waals surface area contributed by atoms with Crippen molar-refractivity contribution in [2.24, 2.45) is 0 Å². The number of hydrogen-bond acceptors (Lipinski definition) is 4. The molecular formula is C50H29NO2S. The Hall–Kier alpha value is -6.88. The molecule has 3 heterocycles. The van der Waals surface area contributed by atoms with E-state index in [1.165, 1.54) is 47.5 Å². The third-order valence-electron chi connectivity index (χ3n) is 11.0. The monoisotopic (exact) mass is 707 g/mol. The highest BCUT2D eigenvalue weighted by atomic mass is 32.1. The molecule has 0 atom stereocenters. The maximum Gasteiger partial charge on any atom is 0.143 e. The van der Waals surface area contributed by atoms with Crippen molar-refractivity contribution in [3.63, 3.8) is 0 Å². The molecule has 0 radical (unpaired) electrons. The Kier molecular flexibility index (Phi) is 6.21. The highest BCUT2D eigenvalue weighted by Gasteiger charge is 2.23. The van der Waals surface area contributed by atoms with Gasteiger partial charge in [-0.3, -0.25) is 0 Å². The lowest BCUT2D eigenvalue weighted by molar-refractivity contribution is 0.669. The lowest BCUT2D eigenvalue weighted by atomic mass is 10.00.